The maximum atomic E-state index is 5.67. The van der Waals surface area contributed by atoms with Crippen molar-refractivity contribution in [1.82, 2.24) is 0 Å². The minimum absolute atomic E-state index is 0.358. The average Bonchev–Trinajstić information content (AvgIpc) is 2.03. The Labute approximate surface area is 69.1 Å². The molecule has 0 saturated carbocycles. The van der Waals surface area contributed by atoms with Crippen LogP contribution in [0.4, 0.5) is 0 Å². The van der Waals surface area contributed by atoms with Gasteiger partial charge in [-0.25, -0.2) is 0 Å². The van der Waals surface area contributed by atoms with E-state index in [1.54, 1.807) is 0 Å². The predicted octanol–water partition coefficient (Wildman–Crippen LogP) is 1.54. The van der Waals surface area contributed by atoms with Gasteiger partial charge in [0.05, 0.1) is 0 Å². The third-order valence-corrected chi connectivity index (χ3v) is 2.28. The molecule has 66 valence electrons. The van der Waals surface area contributed by atoms with Gasteiger partial charge in [0.15, 0.2) is 0 Å². The van der Waals surface area contributed by atoms with Crippen molar-refractivity contribution in [2.45, 2.75) is 38.6 Å². The van der Waals surface area contributed by atoms with E-state index in [1.807, 2.05) is 0 Å². The van der Waals surface area contributed by atoms with Crippen molar-refractivity contribution < 1.29 is 4.74 Å². The molecular weight excluding hydrogens is 138 g/mol. The smallest absolute Gasteiger partial charge is 0.0494 e. The summed E-state index contributed by atoms with van der Waals surface area (Å²) in [5.41, 5.74) is 5.67. The van der Waals surface area contributed by atoms with Gasteiger partial charge in [-0.2, -0.15) is 0 Å². The largest absolute Gasteiger partial charge is 0.381 e. The maximum Gasteiger partial charge on any atom is 0.0494 e. The molecule has 0 bridgehead atoms. The summed E-state index contributed by atoms with van der Waals surface area (Å²) in [5.74, 6) is 0.787. The van der Waals surface area contributed by atoms with E-state index < -0.39 is 0 Å². The molecule has 2 heteroatoms. The fraction of sp³-hybridized carbons (Fsp3) is 1.00. The summed E-state index contributed by atoms with van der Waals surface area (Å²) in [6, 6.07) is 0.358. The van der Waals surface area contributed by atoms with Gasteiger partial charge in [-0.05, 0) is 38.5 Å². The molecule has 0 aromatic carbocycles. The zero-order valence-electron chi connectivity index (χ0n) is 7.38. The second kappa shape index (κ2) is 4.73. The molecule has 1 heterocycles. The van der Waals surface area contributed by atoms with Crippen LogP contribution in [0, 0.1) is 5.92 Å². The minimum Gasteiger partial charge on any atom is -0.381 e. The van der Waals surface area contributed by atoms with E-state index in [4.69, 9.17) is 10.5 Å². The number of rotatable bonds is 3. The molecule has 1 fully saturated rings. The Hall–Kier alpha value is -0.0800. The molecule has 1 saturated heterocycles. The lowest BCUT2D eigenvalue weighted by atomic mass is 9.95. The Bertz CT molecular complexity index is 97.7. The highest BCUT2D eigenvalue weighted by Crippen LogP contribution is 2.18. The fourth-order valence-electron chi connectivity index (χ4n) is 1.53. The number of hydrogen-bond donors (Lipinski definition) is 1. The highest BCUT2D eigenvalue weighted by molar-refractivity contribution is 4.65. The number of ether oxygens (including phenoxy) is 1. The van der Waals surface area contributed by atoms with Crippen LogP contribution in [0.3, 0.4) is 0 Å². The molecule has 0 aromatic heterocycles. The van der Waals surface area contributed by atoms with Crippen molar-refractivity contribution in [2.75, 3.05) is 13.2 Å². The SMILES string of the molecule is CC(N)CCC1CCCOC1. The molecule has 11 heavy (non-hydrogen) atoms. The minimum atomic E-state index is 0.358. The van der Waals surface area contributed by atoms with Gasteiger partial charge in [0.1, 0.15) is 0 Å². The van der Waals surface area contributed by atoms with Crippen LogP contribution >= 0.6 is 0 Å². The number of hydrogen-bond acceptors (Lipinski definition) is 2. The van der Waals surface area contributed by atoms with Crippen molar-refractivity contribution in [3.63, 3.8) is 0 Å². The lowest BCUT2D eigenvalue weighted by Gasteiger charge is -2.22. The van der Waals surface area contributed by atoms with E-state index in [1.165, 1.54) is 19.3 Å². The molecule has 2 N–H and O–H groups in total. The van der Waals surface area contributed by atoms with Gasteiger partial charge >= 0.3 is 0 Å². The van der Waals surface area contributed by atoms with Crippen LogP contribution < -0.4 is 5.73 Å². The molecule has 1 aliphatic heterocycles. The van der Waals surface area contributed by atoms with E-state index >= 15 is 0 Å². The van der Waals surface area contributed by atoms with Crippen molar-refractivity contribution in [3.05, 3.63) is 0 Å². The molecular formula is C9H19NO. The quantitative estimate of drug-likeness (QED) is 0.674. The Balaban J connectivity index is 2.05. The summed E-state index contributed by atoms with van der Waals surface area (Å²) in [6.45, 7) is 4.01. The Morgan fingerprint density at radius 2 is 2.45 bits per heavy atom. The van der Waals surface area contributed by atoms with E-state index in [2.05, 4.69) is 6.92 Å². The third kappa shape index (κ3) is 3.73. The van der Waals surface area contributed by atoms with Crippen LogP contribution in [0.5, 0.6) is 0 Å². The summed E-state index contributed by atoms with van der Waals surface area (Å²) in [4.78, 5) is 0. The van der Waals surface area contributed by atoms with Crippen molar-refractivity contribution >= 4 is 0 Å². The van der Waals surface area contributed by atoms with Gasteiger partial charge < -0.3 is 10.5 Å². The summed E-state index contributed by atoms with van der Waals surface area (Å²) < 4.78 is 5.37. The van der Waals surface area contributed by atoms with Crippen LogP contribution in [0.1, 0.15) is 32.6 Å². The highest BCUT2D eigenvalue weighted by atomic mass is 16.5. The van der Waals surface area contributed by atoms with Gasteiger partial charge in [0.25, 0.3) is 0 Å². The molecule has 1 aliphatic rings. The summed E-state index contributed by atoms with van der Waals surface area (Å²) in [7, 11) is 0. The summed E-state index contributed by atoms with van der Waals surface area (Å²) in [5, 5.41) is 0. The maximum absolute atomic E-state index is 5.67. The zero-order valence-corrected chi connectivity index (χ0v) is 7.38. The van der Waals surface area contributed by atoms with Crippen LogP contribution in [0.25, 0.3) is 0 Å². The normalized spacial score (nSPS) is 28.4. The summed E-state index contributed by atoms with van der Waals surface area (Å²) >= 11 is 0. The molecule has 1 rings (SSSR count). The Morgan fingerprint density at radius 1 is 1.64 bits per heavy atom. The van der Waals surface area contributed by atoms with Gasteiger partial charge in [-0.15, -0.1) is 0 Å². The van der Waals surface area contributed by atoms with Gasteiger partial charge in [0.2, 0.25) is 0 Å². The monoisotopic (exact) mass is 157 g/mol. The Kier molecular flexibility index (Phi) is 3.87. The second-order valence-corrected chi connectivity index (χ2v) is 3.64. The second-order valence-electron chi connectivity index (χ2n) is 3.64. The molecule has 0 aliphatic carbocycles. The van der Waals surface area contributed by atoms with Crippen LogP contribution in [0.15, 0.2) is 0 Å². The first-order valence-electron chi connectivity index (χ1n) is 4.62. The van der Waals surface area contributed by atoms with E-state index in [0.29, 0.717) is 6.04 Å². The van der Waals surface area contributed by atoms with Gasteiger partial charge in [-0.3, -0.25) is 0 Å². The van der Waals surface area contributed by atoms with Gasteiger partial charge in [0, 0.05) is 19.3 Å². The first-order valence-corrected chi connectivity index (χ1v) is 4.62. The van der Waals surface area contributed by atoms with E-state index in [-0.39, 0.29) is 0 Å². The lowest BCUT2D eigenvalue weighted by Crippen LogP contribution is -2.21. The average molecular weight is 157 g/mol. The van der Waals surface area contributed by atoms with Crippen molar-refractivity contribution in [1.29, 1.82) is 0 Å². The molecule has 0 radical (unpaired) electrons. The van der Waals surface area contributed by atoms with Crippen LogP contribution in [-0.4, -0.2) is 19.3 Å². The zero-order chi connectivity index (χ0) is 8.10. The molecule has 0 spiro atoms. The van der Waals surface area contributed by atoms with Crippen LogP contribution in [-0.2, 0) is 4.74 Å². The summed E-state index contributed by atoms with van der Waals surface area (Å²) in [6.07, 6.45) is 4.97. The first kappa shape index (κ1) is 9.01. The van der Waals surface area contributed by atoms with Gasteiger partial charge in [-0.1, -0.05) is 0 Å². The molecule has 2 unspecified atom stereocenters. The third-order valence-electron chi connectivity index (χ3n) is 2.28. The van der Waals surface area contributed by atoms with Crippen LogP contribution in [0.2, 0.25) is 0 Å². The topological polar surface area (TPSA) is 35.2 Å². The highest BCUT2D eigenvalue weighted by Gasteiger charge is 2.13. The predicted molar refractivity (Wildman–Crippen MR) is 46.4 cm³/mol. The number of nitrogens with two attached hydrogens (primary N) is 1. The first-order chi connectivity index (χ1) is 5.29. The fourth-order valence-corrected chi connectivity index (χ4v) is 1.53. The standard InChI is InChI=1S/C9H19NO/c1-8(10)4-5-9-3-2-6-11-7-9/h8-9H,2-7,10H2,1H3. The molecule has 2 nitrogen and oxygen atoms in total. The Morgan fingerprint density at radius 3 is 3.00 bits per heavy atom. The lowest BCUT2D eigenvalue weighted by molar-refractivity contribution is 0.0504. The van der Waals surface area contributed by atoms with E-state index in [0.717, 1.165) is 25.6 Å². The van der Waals surface area contributed by atoms with Crippen molar-refractivity contribution in [2.24, 2.45) is 11.7 Å². The molecule has 0 amide bonds. The van der Waals surface area contributed by atoms with Crippen molar-refractivity contribution in [3.8, 4) is 0 Å². The van der Waals surface area contributed by atoms with E-state index in [9.17, 15) is 0 Å². The molecule has 2 atom stereocenters. The molecule has 0 aromatic rings.